The van der Waals surface area contributed by atoms with Crippen LogP contribution in [0.15, 0.2) is 6.07 Å². The fraction of sp³-hybridized carbons (Fsp3) is 0.550. The number of unbranched alkanes of at least 4 members (excludes halogenated alkanes) is 1. The number of nitrogens with one attached hydrogen (secondary N) is 3. The van der Waals surface area contributed by atoms with E-state index in [4.69, 9.17) is 0 Å². The molecule has 1 aromatic carbocycles. The fourth-order valence-corrected chi connectivity index (χ4v) is 5.26. The highest BCUT2D eigenvalue weighted by atomic mass is 32.2. The van der Waals surface area contributed by atoms with Crippen LogP contribution in [0.3, 0.4) is 0 Å². The van der Waals surface area contributed by atoms with Crippen LogP contribution in [0.1, 0.15) is 39.0 Å². The predicted molar refractivity (Wildman–Crippen MR) is 108 cm³/mol. The topological polar surface area (TPSA) is 96.5 Å². The number of urea groups is 1. The maximum Gasteiger partial charge on any atom is 0.315 e. The molecule has 3 N–H and O–H groups in total. The van der Waals surface area contributed by atoms with E-state index < -0.39 is 41.0 Å². The molecular weight excluding hydrogens is 454 g/mol. The van der Waals surface area contributed by atoms with Crippen LogP contribution in [-0.4, -0.2) is 47.0 Å². The zero-order chi connectivity index (χ0) is 23.4. The number of amides is 3. The van der Waals surface area contributed by atoms with Crippen molar-refractivity contribution in [3.8, 4) is 5.75 Å². The monoisotopic (exact) mass is 477 g/mol. The van der Waals surface area contributed by atoms with Gasteiger partial charge in [0.05, 0.1) is 18.5 Å². The van der Waals surface area contributed by atoms with E-state index in [1.807, 2.05) is 0 Å². The summed E-state index contributed by atoms with van der Waals surface area (Å²) in [6.07, 6.45) is 2.14. The molecule has 2 saturated heterocycles. The zero-order valence-corrected chi connectivity index (χ0v) is 18.0. The summed E-state index contributed by atoms with van der Waals surface area (Å²) >= 11 is 1.79. The summed E-state index contributed by atoms with van der Waals surface area (Å²) in [6.45, 7) is 1.52. The molecule has 2 aliphatic heterocycles. The Hall–Kier alpha value is -2.50. The fourth-order valence-electron chi connectivity index (χ4n) is 3.71. The first kappa shape index (κ1) is 24.1. The SMILES string of the molecule is CC(CC(=O)Oc1cc(F)c(F)c(F)c1F)NC(=O)CCCC[C@@H]1SC[C@@H]2NC(=O)N[C@@H]21. The number of hydrogen-bond donors (Lipinski definition) is 3. The molecule has 0 aliphatic carbocycles. The molecule has 2 heterocycles. The summed E-state index contributed by atoms with van der Waals surface area (Å²) in [4.78, 5) is 35.3. The van der Waals surface area contributed by atoms with Crippen LogP contribution >= 0.6 is 11.8 Å². The first-order chi connectivity index (χ1) is 15.2. The van der Waals surface area contributed by atoms with Gasteiger partial charge in [0.25, 0.3) is 0 Å². The highest BCUT2D eigenvalue weighted by Gasteiger charge is 2.42. The molecule has 1 aromatic rings. The van der Waals surface area contributed by atoms with Gasteiger partial charge in [0.15, 0.2) is 17.4 Å². The molecule has 2 aliphatic rings. The van der Waals surface area contributed by atoms with Crippen LogP contribution in [0.5, 0.6) is 5.75 Å². The quantitative estimate of drug-likeness (QED) is 0.0967. The first-order valence-electron chi connectivity index (χ1n) is 10.2. The van der Waals surface area contributed by atoms with Crippen molar-refractivity contribution < 1.29 is 36.7 Å². The van der Waals surface area contributed by atoms with E-state index in [1.165, 1.54) is 6.92 Å². The molecule has 0 saturated carbocycles. The van der Waals surface area contributed by atoms with Crippen molar-refractivity contribution in [2.45, 2.75) is 62.4 Å². The van der Waals surface area contributed by atoms with Crippen molar-refractivity contribution in [2.75, 3.05) is 5.75 Å². The lowest BCUT2D eigenvalue weighted by atomic mass is 10.0. The summed E-state index contributed by atoms with van der Waals surface area (Å²) in [5.74, 6) is -9.11. The van der Waals surface area contributed by atoms with Crippen LogP contribution < -0.4 is 20.7 Å². The molecule has 0 radical (unpaired) electrons. The van der Waals surface area contributed by atoms with Crippen molar-refractivity contribution in [1.82, 2.24) is 16.0 Å². The van der Waals surface area contributed by atoms with Crippen molar-refractivity contribution >= 4 is 29.7 Å². The summed E-state index contributed by atoms with van der Waals surface area (Å²) < 4.78 is 57.5. The van der Waals surface area contributed by atoms with Gasteiger partial charge in [-0.2, -0.15) is 16.2 Å². The van der Waals surface area contributed by atoms with Gasteiger partial charge in [-0.1, -0.05) is 6.42 Å². The predicted octanol–water partition coefficient (Wildman–Crippen LogP) is 2.77. The van der Waals surface area contributed by atoms with Crippen LogP contribution in [0.25, 0.3) is 0 Å². The largest absolute Gasteiger partial charge is 0.423 e. The number of hydrogen-bond acceptors (Lipinski definition) is 5. The minimum Gasteiger partial charge on any atom is -0.423 e. The lowest BCUT2D eigenvalue weighted by Crippen LogP contribution is -2.37. The number of esters is 1. The lowest BCUT2D eigenvalue weighted by molar-refractivity contribution is -0.135. The molecule has 1 unspecified atom stereocenters. The van der Waals surface area contributed by atoms with Crippen LogP contribution in [0, 0.1) is 23.3 Å². The summed E-state index contributed by atoms with van der Waals surface area (Å²) in [5, 5.41) is 8.69. The smallest absolute Gasteiger partial charge is 0.315 e. The maximum atomic E-state index is 13.6. The van der Waals surface area contributed by atoms with Gasteiger partial charge in [-0.25, -0.2) is 18.0 Å². The minimum atomic E-state index is -2.08. The van der Waals surface area contributed by atoms with Crippen LogP contribution in [-0.2, 0) is 9.59 Å². The molecule has 0 bridgehead atoms. The minimum absolute atomic E-state index is 0.111. The van der Waals surface area contributed by atoms with E-state index in [9.17, 15) is 31.9 Å². The first-order valence-corrected chi connectivity index (χ1v) is 11.2. The van der Waals surface area contributed by atoms with Gasteiger partial charge in [0.1, 0.15) is 0 Å². The molecular formula is C20H23F4N3O4S. The van der Waals surface area contributed by atoms with Gasteiger partial charge in [0, 0.05) is 29.5 Å². The Morgan fingerprint density at radius 1 is 1.19 bits per heavy atom. The summed E-state index contributed by atoms with van der Waals surface area (Å²) in [7, 11) is 0. The van der Waals surface area contributed by atoms with Crippen LogP contribution in [0.2, 0.25) is 0 Å². The Morgan fingerprint density at radius 3 is 2.69 bits per heavy atom. The van der Waals surface area contributed by atoms with Gasteiger partial charge in [-0.05, 0) is 19.8 Å². The highest BCUT2D eigenvalue weighted by molar-refractivity contribution is 8.00. The van der Waals surface area contributed by atoms with Crippen molar-refractivity contribution in [1.29, 1.82) is 0 Å². The number of ether oxygens (including phenoxy) is 1. The van der Waals surface area contributed by atoms with Gasteiger partial charge in [-0.15, -0.1) is 0 Å². The van der Waals surface area contributed by atoms with E-state index in [0.717, 1.165) is 18.6 Å². The molecule has 4 atom stereocenters. The summed E-state index contributed by atoms with van der Waals surface area (Å²) in [5.41, 5.74) is 0. The third-order valence-corrected chi connectivity index (χ3v) is 6.76. The van der Waals surface area contributed by atoms with Crippen molar-refractivity contribution in [3.05, 3.63) is 29.3 Å². The van der Waals surface area contributed by atoms with Gasteiger partial charge < -0.3 is 20.7 Å². The average molecular weight is 477 g/mol. The van der Waals surface area contributed by atoms with E-state index in [1.54, 1.807) is 11.8 Å². The number of halogens is 4. The number of carbonyl (C=O) groups excluding carboxylic acids is 3. The zero-order valence-electron chi connectivity index (χ0n) is 17.2. The van der Waals surface area contributed by atoms with E-state index in [0.29, 0.717) is 11.7 Å². The Labute approximate surface area is 186 Å². The van der Waals surface area contributed by atoms with E-state index >= 15 is 0 Å². The molecule has 3 rings (SSSR count). The van der Waals surface area contributed by atoms with Crippen molar-refractivity contribution in [2.24, 2.45) is 0 Å². The molecule has 0 spiro atoms. The molecule has 32 heavy (non-hydrogen) atoms. The molecule has 7 nitrogen and oxygen atoms in total. The molecule has 0 aromatic heterocycles. The second-order valence-corrected chi connectivity index (χ2v) is 9.09. The standard InChI is InChI=1S/C20H23F4N3O4S/c1-9(6-15(29)31-12-7-10(21)16(22)18(24)17(12)23)25-14(28)5-3-2-4-13-19-11(8-32-13)26-20(30)27-19/h7,9,11,13,19H,2-6,8H2,1H3,(H,25,28)(H2,26,27,30)/t9?,11-,13-,19-/m0/s1. The third kappa shape index (κ3) is 5.84. The maximum absolute atomic E-state index is 13.6. The lowest BCUT2D eigenvalue weighted by Gasteiger charge is -2.17. The normalized spacial score (nSPS) is 22.7. The van der Waals surface area contributed by atoms with Gasteiger partial charge in [-0.3, -0.25) is 9.59 Å². The Balaban J connectivity index is 1.35. The number of rotatable bonds is 9. The molecule has 3 amide bonds. The summed E-state index contributed by atoms with van der Waals surface area (Å²) in [6, 6.07) is -0.306. The molecule has 2 fully saturated rings. The van der Waals surface area contributed by atoms with Crippen LogP contribution in [0.4, 0.5) is 22.4 Å². The third-order valence-electron chi connectivity index (χ3n) is 5.25. The number of benzene rings is 1. The second-order valence-electron chi connectivity index (χ2n) is 7.81. The van der Waals surface area contributed by atoms with Gasteiger partial charge in [0.2, 0.25) is 17.5 Å². The second kappa shape index (κ2) is 10.4. The highest BCUT2D eigenvalue weighted by Crippen LogP contribution is 2.33. The van der Waals surface area contributed by atoms with Crippen molar-refractivity contribution in [3.63, 3.8) is 0 Å². The molecule has 176 valence electrons. The molecule has 12 heteroatoms. The Morgan fingerprint density at radius 2 is 1.94 bits per heavy atom. The number of thioether (sulfide) groups is 1. The Bertz CT molecular complexity index is 904. The average Bonchev–Trinajstić information content (AvgIpc) is 3.26. The Kier molecular flexibility index (Phi) is 7.86. The number of carbonyl (C=O) groups is 3. The van der Waals surface area contributed by atoms with E-state index in [-0.39, 0.29) is 42.9 Å². The van der Waals surface area contributed by atoms with E-state index in [2.05, 4.69) is 20.7 Å². The number of fused-ring (bicyclic) bond motifs is 1. The van der Waals surface area contributed by atoms with Gasteiger partial charge >= 0.3 is 12.0 Å².